The second kappa shape index (κ2) is 13.0. The lowest BCUT2D eigenvalue weighted by Crippen LogP contribution is -2.52. The molecule has 3 aromatic rings. The lowest BCUT2D eigenvalue weighted by molar-refractivity contribution is -0.125. The minimum absolute atomic E-state index is 0.0422. The smallest absolute Gasteiger partial charge is 0.280 e. The quantitative estimate of drug-likeness (QED) is 0.356. The van der Waals surface area contributed by atoms with E-state index < -0.39 is 41.7 Å². The number of carbonyl (C=O) groups is 2. The van der Waals surface area contributed by atoms with Crippen LogP contribution in [0.25, 0.3) is 5.69 Å². The van der Waals surface area contributed by atoms with Crippen molar-refractivity contribution >= 4 is 23.4 Å². The van der Waals surface area contributed by atoms with E-state index in [-0.39, 0.29) is 40.4 Å². The molecule has 1 atom stereocenters. The van der Waals surface area contributed by atoms with Crippen molar-refractivity contribution in [1.82, 2.24) is 20.2 Å². The van der Waals surface area contributed by atoms with E-state index in [1.165, 1.54) is 18.2 Å². The number of carbonyl (C=O) groups excluding carboxylic acids is 2. The van der Waals surface area contributed by atoms with Crippen molar-refractivity contribution in [3.63, 3.8) is 0 Å². The summed E-state index contributed by atoms with van der Waals surface area (Å²) in [7, 11) is 0. The van der Waals surface area contributed by atoms with Crippen LogP contribution >= 0.6 is 11.6 Å². The van der Waals surface area contributed by atoms with E-state index in [2.05, 4.69) is 15.6 Å². The molecule has 0 aliphatic carbocycles. The van der Waals surface area contributed by atoms with Crippen molar-refractivity contribution in [3.8, 4) is 11.6 Å². The van der Waals surface area contributed by atoms with Gasteiger partial charge in [-0.15, -0.1) is 0 Å². The number of ether oxygens (including phenoxy) is 2. The van der Waals surface area contributed by atoms with Crippen LogP contribution < -0.4 is 20.9 Å². The molecule has 10 nitrogen and oxygen atoms in total. The van der Waals surface area contributed by atoms with Crippen LogP contribution in [0, 0.1) is 18.6 Å². The molecule has 4 rings (SSSR count). The molecule has 1 fully saturated rings. The monoisotopic (exact) mass is 576 g/mol. The summed E-state index contributed by atoms with van der Waals surface area (Å²) in [4.78, 5) is 42.6. The molecule has 2 amide bonds. The van der Waals surface area contributed by atoms with E-state index in [0.29, 0.717) is 37.7 Å². The highest BCUT2D eigenvalue weighted by atomic mass is 35.5. The van der Waals surface area contributed by atoms with Crippen LogP contribution in [0.2, 0.25) is 5.02 Å². The molecule has 2 aromatic carbocycles. The summed E-state index contributed by atoms with van der Waals surface area (Å²) in [6, 6.07) is 6.22. The number of benzene rings is 2. The molecule has 0 unspecified atom stereocenters. The standard InChI is InChI=1S/C27H27ClF2N4O6/c1-15-2-3-16(24(36)33-21(12-35)25(37)32-19-6-8-39-9-7-19)10-22(15)34-14-31-26(23(28)27(34)38)40-13-17-4-5-18(29)11-20(17)30/h2-5,10-11,14,19,21,35H,6-9,12-13H2,1H3,(H,32,37)(H,33,36)/t21-/m1/s1. The lowest BCUT2D eigenvalue weighted by Gasteiger charge is -2.25. The van der Waals surface area contributed by atoms with Crippen molar-refractivity contribution in [2.45, 2.75) is 38.5 Å². The van der Waals surface area contributed by atoms with Gasteiger partial charge in [0.2, 0.25) is 11.8 Å². The van der Waals surface area contributed by atoms with E-state index in [9.17, 15) is 28.3 Å². The number of aromatic nitrogens is 2. The number of hydrogen-bond acceptors (Lipinski definition) is 7. The number of nitrogens with one attached hydrogen (secondary N) is 2. The van der Waals surface area contributed by atoms with Crippen LogP contribution in [0.1, 0.15) is 34.3 Å². The van der Waals surface area contributed by atoms with E-state index in [4.69, 9.17) is 21.1 Å². The lowest BCUT2D eigenvalue weighted by atomic mass is 10.1. The number of aryl methyl sites for hydroxylation is 1. The maximum absolute atomic E-state index is 13.9. The maximum atomic E-state index is 13.9. The van der Waals surface area contributed by atoms with Gasteiger partial charge in [-0.05, 0) is 49.6 Å². The third-order valence-electron chi connectivity index (χ3n) is 6.37. The van der Waals surface area contributed by atoms with Crippen molar-refractivity contribution in [2.75, 3.05) is 19.8 Å². The average Bonchev–Trinajstić information content (AvgIpc) is 2.94. The van der Waals surface area contributed by atoms with Crippen LogP contribution in [0.3, 0.4) is 0 Å². The molecule has 212 valence electrons. The van der Waals surface area contributed by atoms with Crippen LogP contribution in [0.15, 0.2) is 47.5 Å². The van der Waals surface area contributed by atoms with Crippen molar-refractivity contribution in [1.29, 1.82) is 0 Å². The van der Waals surface area contributed by atoms with Gasteiger partial charge < -0.3 is 25.2 Å². The average molecular weight is 577 g/mol. The molecule has 1 aromatic heterocycles. The van der Waals surface area contributed by atoms with Gasteiger partial charge in [-0.25, -0.2) is 13.8 Å². The van der Waals surface area contributed by atoms with Gasteiger partial charge in [-0.3, -0.25) is 19.0 Å². The molecule has 40 heavy (non-hydrogen) atoms. The van der Waals surface area contributed by atoms with Crippen molar-refractivity contribution in [2.24, 2.45) is 0 Å². The third kappa shape index (κ3) is 6.82. The fourth-order valence-corrected chi connectivity index (χ4v) is 4.26. The highest BCUT2D eigenvalue weighted by molar-refractivity contribution is 6.31. The molecule has 0 saturated carbocycles. The van der Waals surface area contributed by atoms with Crippen molar-refractivity contribution < 1.29 is 33.0 Å². The minimum atomic E-state index is -1.18. The summed E-state index contributed by atoms with van der Waals surface area (Å²) >= 11 is 6.20. The number of rotatable bonds is 9. The summed E-state index contributed by atoms with van der Waals surface area (Å²) in [5.41, 5.74) is 0.342. The highest BCUT2D eigenvalue weighted by Gasteiger charge is 2.25. The fourth-order valence-electron chi connectivity index (χ4n) is 4.06. The Labute approximate surface area is 232 Å². The van der Waals surface area contributed by atoms with Gasteiger partial charge in [0.15, 0.2) is 5.02 Å². The van der Waals surface area contributed by atoms with Gasteiger partial charge in [0.05, 0.1) is 12.3 Å². The van der Waals surface area contributed by atoms with E-state index >= 15 is 0 Å². The Hall–Kier alpha value is -3.87. The Balaban J connectivity index is 1.49. The normalized spacial score (nSPS) is 14.4. The zero-order valence-electron chi connectivity index (χ0n) is 21.5. The van der Waals surface area contributed by atoms with Gasteiger partial charge in [0, 0.05) is 36.4 Å². The van der Waals surface area contributed by atoms with Crippen LogP contribution in [-0.4, -0.2) is 58.4 Å². The number of aliphatic hydroxyl groups is 1. The Morgan fingerprint density at radius 3 is 2.67 bits per heavy atom. The van der Waals surface area contributed by atoms with Crippen LogP contribution in [-0.2, 0) is 16.1 Å². The van der Waals surface area contributed by atoms with E-state index in [1.54, 1.807) is 13.0 Å². The zero-order valence-corrected chi connectivity index (χ0v) is 22.2. The van der Waals surface area contributed by atoms with Gasteiger partial charge in [-0.1, -0.05) is 17.7 Å². The molecular formula is C27H27ClF2N4O6. The largest absolute Gasteiger partial charge is 0.471 e. The highest BCUT2D eigenvalue weighted by Crippen LogP contribution is 2.22. The molecule has 2 heterocycles. The predicted molar refractivity (Wildman–Crippen MR) is 141 cm³/mol. The summed E-state index contributed by atoms with van der Waals surface area (Å²) in [5, 5.41) is 14.6. The molecule has 0 bridgehead atoms. The first kappa shape index (κ1) is 29.1. The molecule has 3 N–H and O–H groups in total. The zero-order chi connectivity index (χ0) is 28.8. The number of halogens is 3. The first-order valence-electron chi connectivity index (χ1n) is 12.4. The number of amides is 2. The van der Waals surface area contributed by atoms with Gasteiger partial charge >= 0.3 is 0 Å². The topological polar surface area (TPSA) is 132 Å². The second-order valence-electron chi connectivity index (χ2n) is 9.17. The molecule has 1 saturated heterocycles. The number of nitrogens with zero attached hydrogens (tertiary/aromatic N) is 2. The number of aliphatic hydroxyl groups excluding tert-OH is 1. The fraction of sp³-hybridized carbons (Fsp3) is 0.333. The summed E-state index contributed by atoms with van der Waals surface area (Å²) in [6.07, 6.45) is 2.42. The Kier molecular flexibility index (Phi) is 9.46. The first-order chi connectivity index (χ1) is 19.2. The Morgan fingerprint density at radius 2 is 1.98 bits per heavy atom. The molecule has 13 heteroatoms. The molecule has 0 spiro atoms. The van der Waals surface area contributed by atoms with Gasteiger partial charge in [0.25, 0.3) is 11.5 Å². The van der Waals surface area contributed by atoms with Gasteiger partial charge in [-0.2, -0.15) is 0 Å². The predicted octanol–water partition coefficient (Wildman–Crippen LogP) is 2.44. The molecular weight excluding hydrogens is 550 g/mol. The maximum Gasteiger partial charge on any atom is 0.280 e. The van der Waals surface area contributed by atoms with Crippen molar-refractivity contribution in [3.05, 3.63) is 86.4 Å². The van der Waals surface area contributed by atoms with E-state index in [1.807, 2.05) is 0 Å². The summed E-state index contributed by atoms with van der Waals surface area (Å²) in [5.74, 6) is -2.97. The Bertz CT molecular complexity index is 1460. The first-order valence-corrected chi connectivity index (χ1v) is 12.8. The minimum Gasteiger partial charge on any atom is -0.471 e. The third-order valence-corrected chi connectivity index (χ3v) is 6.69. The summed E-state index contributed by atoms with van der Waals surface area (Å²) < 4.78 is 38.8. The molecule has 1 aliphatic rings. The SMILES string of the molecule is Cc1ccc(C(=O)N[C@H](CO)C(=O)NC2CCOCC2)cc1-n1cnc(OCc2ccc(F)cc2F)c(Cl)c1=O. The number of hydrogen-bond donors (Lipinski definition) is 3. The molecule has 1 aliphatic heterocycles. The van der Waals surface area contributed by atoms with Gasteiger partial charge in [0.1, 0.15) is 30.6 Å². The second-order valence-corrected chi connectivity index (χ2v) is 9.55. The van der Waals surface area contributed by atoms with E-state index in [0.717, 1.165) is 17.0 Å². The molecule has 0 radical (unpaired) electrons. The summed E-state index contributed by atoms with van der Waals surface area (Å²) in [6.45, 7) is 1.79. The van der Waals surface area contributed by atoms with Crippen LogP contribution in [0.4, 0.5) is 8.78 Å². The Morgan fingerprint density at radius 1 is 1.23 bits per heavy atom. The van der Waals surface area contributed by atoms with Crippen LogP contribution in [0.5, 0.6) is 5.88 Å².